The molecular formula is C85H56N2. The second-order valence-corrected chi connectivity index (χ2v) is 23.1. The van der Waals surface area contributed by atoms with Gasteiger partial charge < -0.3 is 9.13 Å². The molecule has 2 nitrogen and oxygen atoms in total. The van der Waals surface area contributed by atoms with Gasteiger partial charge in [-0.3, -0.25) is 0 Å². The fourth-order valence-electron chi connectivity index (χ4n) is 14.5. The molecule has 0 N–H and O–H groups in total. The summed E-state index contributed by atoms with van der Waals surface area (Å²) in [4.78, 5) is 0. The number of benzene rings is 14. The number of hydrogen-bond acceptors (Lipinski definition) is 0. The monoisotopic (exact) mass is 1100 g/mol. The first-order valence-corrected chi connectivity index (χ1v) is 30.1. The third kappa shape index (κ3) is 8.10. The summed E-state index contributed by atoms with van der Waals surface area (Å²) in [6.07, 6.45) is 0. The van der Waals surface area contributed by atoms with Crippen LogP contribution in [0, 0.1) is 0 Å². The van der Waals surface area contributed by atoms with Gasteiger partial charge in [0.25, 0.3) is 0 Å². The zero-order valence-electron chi connectivity index (χ0n) is 47.7. The van der Waals surface area contributed by atoms with Gasteiger partial charge in [0.05, 0.1) is 33.2 Å². The highest BCUT2D eigenvalue weighted by Gasteiger charge is 2.47. The van der Waals surface area contributed by atoms with E-state index in [2.05, 4.69) is 349 Å². The van der Waals surface area contributed by atoms with Crippen molar-refractivity contribution < 1.29 is 0 Å². The van der Waals surface area contributed by atoms with E-state index < -0.39 is 5.41 Å². The van der Waals surface area contributed by atoms with Crippen LogP contribution in [0.1, 0.15) is 22.3 Å². The molecule has 0 unspecified atom stereocenters. The van der Waals surface area contributed by atoms with Gasteiger partial charge in [-0.1, -0.05) is 279 Å². The van der Waals surface area contributed by atoms with E-state index >= 15 is 0 Å². The maximum atomic E-state index is 2.46. The van der Waals surface area contributed by atoms with Gasteiger partial charge in [0.1, 0.15) is 0 Å². The highest BCUT2D eigenvalue weighted by molar-refractivity contribution is 6.13. The number of rotatable bonds is 10. The summed E-state index contributed by atoms with van der Waals surface area (Å²) in [7, 11) is 0. The first-order chi connectivity index (χ1) is 43.2. The molecule has 87 heavy (non-hydrogen) atoms. The van der Waals surface area contributed by atoms with Crippen molar-refractivity contribution in [3.8, 4) is 89.3 Å². The SMILES string of the molecule is c1ccc(-c2ccc(-c3ccccc3C3(c4cccc(-c5ccc(-c6ccc(-c7ccccc7-n7c8ccccc8c8cc(-c9ccc%10c(c9)c9ccccc9n%10-c9ccccc9)ccc87)cc6)cc5)c4)c4ccccc4-c4ccccc43)cc2)cc1. The molecule has 17 rings (SSSR count). The van der Waals surface area contributed by atoms with Gasteiger partial charge in [-0.15, -0.1) is 0 Å². The first kappa shape index (κ1) is 50.2. The predicted molar refractivity (Wildman–Crippen MR) is 365 cm³/mol. The van der Waals surface area contributed by atoms with Crippen LogP contribution in [-0.4, -0.2) is 9.13 Å². The Morgan fingerprint density at radius 3 is 1.13 bits per heavy atom. The number of hydrogen-bond donors (Lipinski definition) is 0. The van der Waals surface area contributed by atoms with Crippen LogP contribution < -0.4 is 0 Å². The van der Waals surface area contributed by atoms with Crippen LogP contribution >= 0.6 is 0 Å². The zero-order chi connectivity index (χ0) is 57.4. The fourth-order valence-corrected chi connectivity index (χ4v) is 14.5. The lowest BCUT2D eigenvalue weighted by Gasteiger charge is -2.36. The second kappa shape index (κ2) is 20.5. The van der Waals surface area contributed by atoms with Gasteiger partial charge in [0.2, 0.25) is 0 Å². The Morgan fingerprint density at radius 2 is 0.552 bits per heavy atom. The highest BCUT2D eigenvalue weighted by atomic mass is 15.0. The fraction of sp³-hybridized carbons (Fsp3) is 0.0118. The van der Waals surface area contributed by atoms with Gasteiger partial charge in [0, 0.05) is 32.8 Å². The molecule has 1 aliphatic carbocycles. The van der Waals surface area contributed by atoms with E-state index in [9.17, 15) is 0 Å². The van der Waals surface area contributed by atoms with Gasteiger partial charge in [-0.2, -0.15) is 0 Å². The van der Waals surface area contributed by atoms with Gasteiger partial charge in [0.15, 0.2) is 0 Å². The molecule has 0 spiro atoms. The first-order valence-electron chi connectivity index (χ1n) is 30.1. The van der Waals surface area contributed by atoms with E-state index in [4.69, 9.17) is 0 Å². The van der Waals surface area contributed by atoms with Crippen LogP contribution in [0.25, 0.3) is 133 Å². The van der Waals surface area contributed by atoms with Crippen LogP contribution in [0.15, 0.2) is 340 Å². The summed E-state index contributed by atoms with van der Waals surface area (Å²) >= 11 is 0. The van der Waals surface area contributed by atoms with Crippen molar-refractivity contribution in [2.45, 2.75) is 5.41 Å². The second-order valence-electron chi connectivity index (χ2n) is 23.1. The van der Waals surface area contributed by atoms with Crippen LogP contribution in [0.5, 0.6) is 0 Å². The third-order valence-electron chi connectivity index (χ3n) is 18.5. The van der Waals surface area contributed by atoms with Crippen LogP contribution in [-0.2, 0) is 5.41 Å². The molecule has 0 radical (unpaired) electrons. The summed E-state index contributed by atoms with van der Waals surface area (Å²) in [5.74, 6) is 0. The van der Waals surface area contributed by atoms with Crippen molar-refractivity contribution >= 4 is 43.6 Å². The van der Waals surface area contributed by atoms with Crippen molar-refractivity contribution in [2.24, 2.45) is 0 Å². The number of nitrogens with zero attached hydrogens (tertiary/aromatic N) is 2. The summed E-state index contributed by atoms with van der Waals surface area (Å²) < 4.78 is 4.84. The molecule has 0 bridgehead atoms. The lowest BCUT2D eigenvalue weighted by atomic mass is 9.65. The third-order valence-corrected chi connectivity index (χ3v) is 18.5. The summed E-state index contributed by atoms with van der Waals surface area (Å²) in [6.45, 7) is 0. The summed E-state index contributed by atoms with van der Waals surface area (Å²) in [5, 5.41) is 4.97. The lowest BCUT2D eigenvalue weighted by molar-refractivity contribution is 0.771. The van der Waals surface area contributed by atoms with Crippen molar-refractivity contribution in [3.05, 3.63) is 362 Å². The van der Waals surface area contributed by atoms with E-state index in [-0.39, 0.29) is 0 Å². The van der Waals surface area contributed by atoms with E-state index in [1.54, 1.807) is 0 Å². The molecule has 0 fully saturated rings. The van der Waals surface area contributed by atoms with Crippen LogP contribution in [0.4, 0.5) is 0 Å². The Labute approximate surface area is 506 Å². The number of para-hydroxylation sites is 4. The Morgan fingerprint density at radius 1 is 0.195 bits per heavy atom. The molecule has 2 heteroatoms. The minimum atomic E-state index is -0.576. The average Bonchev–Trinajstić information content (AvgIpc) is 2.77. The molecule has 0 aliphatic heterocycles. The van der Waals surface area contributed by atoms with E-state index in [1.165, 1.54) is 149 Å². The summed E-state index contributed by atoms with van der Waals surface area (Å²) in [6, 6.07) is 126. The van der Waals surface area contributed by atoms with Crippen LogP contribution in [0.3, 0.4) is 0 Å². The molecule has 0 atom stereocenters. The van der Waals surface area contributed by atoms with E-state index in [1.807, 2.05) is 0 Å². The van der Waals surface area contributed by atoms with Crippen molar-refractivity contribution in [3.63, 3.8) is 0 Å². The lowest BCUT2D eigenvalue weighted by Crippen LogP contribution is -2.29. The van der Waals surface area contributed by atoms with E-state index in [0.29, 0.717) is 0 Å². The Balaban J connectivity index is 0.699. The van der Waals surface area contributed by atoms with Crippen molar-refractivity contribution in [1.82, 2.24) is 9.13 Å². The van der Waals surface area contributed by atoms with Crippen LogP contribution in [0.2, 0.25) is 0 Å². The molecule has 0 amide bonds. The standard InChI is InChI=1S/C85H56N2/c1-3-20-57(21-4-1)58-42-46-62(47-43-58)69-26-7-13-32-77(69)85(78-33-14-8-28-71(78)72-29-9-15-34-79(72)85)67-23-19-22-64(54-67)61-40-38-59(39-41-61)60-44-48-63(49-45-60)70-27-10-16-35-80(70)87-82-37-18-12-31-74(82)76-56-66(51-53-84(76)87)65-50-52-83-75(55-65)73-30-11-17-36-81(73)86(83)68-24-5-2-6-25-68/h1-56H. The van der Waals surface area contributed by atoms with Gasteiger partial charge in [-0.05, 0) is 155 Å². The summed E-state index contributed by atoms with van der Waals surface area (Å²) in [5.41, 5.74) is 28.5. The molecular weight excluding hydrogens is 1050 g/mol. The maximum Gasteiger partial charge on any atom is 0.0719 e. The molecule has 14 aromatic carbocycles. The average molecular weight is 1110 g/mol. The zero-order valence-corrected chi connectivity index (χ0v) is 47.7. The molecule has 0 saturated carbocycles. The van der Waals surface area contributed by atoms with Crippen molar-refractivity contribution in [2.75, 3.05) is 0 Å². The molecule has 2 aromatic heterocycles. The molecule has 406 valence electrons. The topological polar surface area (TPSA) is 9.86 Å². The normalized spacial score (nSPS) is 12.5. The minimum Gasteiger partial charge on any atom is -0.309 e. The smallest absolute Gasteiger partial charge is 0.0719 e. The molecule has 0 saturated heterocycles. The van der Waals surface area contributed by atoms with Gasteiger partial charge in [-0.25, -0.2) is 0 Å². The Kier molecular flexibility index (Phi) is 11.8. The largest absolute Gasteiger partial charge is 0.309 e. The maximum absolute atomic E-state index is 2.46. The molecule has 2 heterocycles. The number of aromatic nitrogens is 2. The quantitative estimate of drug-likeness (QED) is 0.129. The van der Waals surface area contributed by atoms with Gasteiger partial charge >= 0.3 is 0 Å². The predicted octanol–water partition coefficient (Wildman–Crippen LogP) is 22.2. The highest BCUT2D eigenvalue weighted by Crippen LogP contribution is 2.58. The van der Waals surface area contributed by atoms with E-state index in [0.717, 1.165) is 5.69 Å². The molecule has 16 aromatic rings. The Bertz CT molecular complexity index is 5250. The minimum absolute atomic E-state index is 0.576. The molecule has 1 aliphatic rings. The Hall–Kier alpha value is -11.3. The number of fused-ring (bicyclic) bond motifs is 9. The van der Waals surface area contributed by atoms with Crippen molar-refractivity contribution in [1.29, 1.82) is 0 Å².